The van der Waals surface area contributed by atoms with Crippen molar-refractivity contribution in [3.8, 4) is 0 Å². The van der Waals surface area contributed by atoms with Gasteiger partial charge in [0.2, 0.25) is 5.91 Å². The molecule has 4 nitrogen and oxygen atoms in total. The van der Waals surface area contributed by atoms with Crippen LogP contribution >= 0.6 is 0 Å². The first kappa shape index (κ1) is 13.8. The van der Waals surface area contributed by atoms with Gasteiger partial charge in [0.05, 0.1) is 18.7 Å². The van der Waals surface area contributed by atoms with Gasteiger partial charge in [-0.25, -0.2) is 0 Å². The molecule has 1 amide bonds. The van der Waals surface area contributed by atoms with Crippen molar-refractivity contribution in [2.75, 3.05) is 19.7 Å². The average Bonchev–Trinajstić information content (AvgIpc) is 3.17. The van der Waals surface area contributed by atoms with Crippen molar-refractivity contribution in [1.82, 2.24) is 10.6 Å². The highest BCUT2D eigenvalue weighted by molar-refractivity contribution is 5.78. The van der Waals surface area contributed by atoms with E-state index >= 15 is 0 Å². The lowest BCUT2D eigenvalue weighted by molar-refractivity contribution is -0.123. The fourth-order valence-corrected chi connectivity index (χ4v) is 2.69. The van der Waals surface area contributed by atoms with E-state index in [1.165, 1.54) is 12.8 Å². The second-order valence-corrected chi connectivity index (χ2v) is 6.24. The van der Waals surface area contributed by atoms with Gasteiger partial charge in [-0.2, -0.15) is 0 Å². The molecular formula is C14H26N2O2. The molecule has 2 aliphatic carbocycles. The molecule has 0 spiro atoms. The number of nitrogens with one attached hydrogen (secondary N) is 2. The lowest BCUT2D eigenvalue weighted by Crippen LogP contribution is -2.55. The highest BCUT2D eigenvalue weighted by atomic mass is 16.3. The summed E-state index contributed by atoms with van der Waals surface area (Å²) in [7, 11) is 0. The average molecular weight is 254 g/mol. The first-order valence-electron chi connectivity index (χ1n) is 7.26. The molecule has 0 aromatic carbocycles. The van der Waals surface area contributed by atoms with Crippen LogP contribution in [-0.4, -0.2) is 36.2 Å². The molecule has 18 heavy (non-hydrogen) atoms. The van der Waals surface area contributed by atoms with E-state index in [-0.39, 0.29) is 18.1 Å². The zero-order valence-electron chi connectivity index (χ0n) is 11.4. The van der Waals surface area contributed by atoms with Crippen molar-refractivity contribution in [2.45, 2.75) is 51.0 Å². The molecule has 2 saturated carbocycles. The number of rotatable bonds is 6. The number of amides is 1. The molecule has 0 unspecified atom stereocenters. The summed E-state index contributed by atoms with van der Waals surface area (Å²) in [4.78, 5) is 11.9. The van der Waals surface area contributed by atoms with Gasteiger partial charge in [0.15, 0.2) is 0 Å². The Kier molecular flexibility index (Phi) is 4.62. The summed E-state index contributed by atoms with van der Waals surface area (Å²) in [5.74, 6) is 1.54. The SMILES string of the molecule is CC1CCC(CO)(NC(=O)CNCC2CC2)CC1. The molecule has 0 atom stereocenters. The number of aliphatic hydroxyl groups excluding tert-OH is 1. The van der Waals surface area contributed by atoms with Crippen LogP contribution in [0.4, 0.5) is 0 Å². The van der Waals surface area contributed by atoms with Gasteiger partial charge in [-0.05, 0) is 56.9 Å². The Balaban J connectivity index is 1.72. The highest BCUT2D eigenvalue weighted by Gasteiger charge is 2.34. The molecule has 0 radical (unpaired) electrons. The van der Waals surface area contributed by atoms with Gasteiger partial charge in [0.1, 0.15) is 0 Å². The van der Waals surface area contributed by atoms with E-state index in [1.54, 1.807) is 0 Å². The van der Waals surface area contributed by atoms with E-state index in [9.17, 15) is 9.90 Å². The fraction of sp³-hybridized carbons (Fsp3) is 0.929. The second-order valence-electron chi connectivity index (χ2n) is 6.24. The molecular weight excluding hydrogens is 228 g/mol. The Morgan fingerprint density at radius 3 is 2.50 bits per heavy atom. The van der Waals surface area contributed by atoms with Crippen molar-refractivity contribution in [2.24, 2.45) is 11.8 Å². The van der Waals surface area contributed by atoms with Crippen LogP contribution in [-0.2, 0) is 4.79 Å². The lowest BCUT2D eigenvalue weighted by Gasteiger charge is -2.38. The van der Waals surface area contributed by atoms with Crippen molar-refractivity contribution >= 4 is 5.91 Å². The lowest BCUT2D eigenvalue weighted by atomic mass is 9.77. The third kappa shape index (κ3) is 3.95. The third-order valence-electron chi connectivity index (χ3n) is 4.35. The van der Waals surface area contributed by atoms with Crippen molar-refractivity contribution in [3.63, 3.8) is 0 Å². The Morgan fingerprint density at radius 1 is 1.28 bits per heavy atom. The summed E-state index contributed by atoms with van der Waals surface area (Å²) < 4.78 is 0. The Labute approximate surface area is 110 Å². The van der Waals surface area contributed by atoms with Gasteiger partial charge >= 0.3 is 0 Å². The minimum absolute atomic E-state index is 0.0271. The van der Waals surface area contributed by atoms with Crippen LogP contribution in [0.2, 0.25) is 0 Å². The molecule has 0 aromatic rings. The first-order valence-corrected chi connectivity index (χ1v) is 7.26. The Bertz CT molecular complexity index is 282. The van der Waals surface area contributed by atoms with Gasteiger partial charge in [0, 0.05) is 0 Å². The van der Waals surface area contributed by atoms with Crippen LogP contribution in [0.15, 0.2) is 0 Å². The van der Waals surface area contributed by atoms with E-state index in [2.05, 4.69) is 17.6 Å². The number of hydrogen-bond acceptors (Lipinski definition) is 3. The predicted molar refractivity (Wildman–Crippen MR) is 71.2 cm³/mol. The largest absolute Gasteiger partial charge is 0.394 e. The quantitative estimate of drug-likeness (QED) is 0.664. The predicted octanol–water partition coefficient (Wildman–Crippen LogP) is 1.04. The van der Waals surface area contributed by atoms with Crippen LogP contribution < -0.4 is 10.6 Å². The molecule has 2 fully saturated rings. The molecule has 0 aromatic heterocycles. The van der Waals surface area contributed by atoms with Gasteiger partial charge in [0.25, 0.3) is 0 Å². The first-order chi connectivity index (χ1) is 8.63. The molecule has 3 N–H and O–H groups in total. The Hall–Kier alpha value is -0.610. The Morgan fingerprint density at radius 2 is 1.94 bits per heavy atom. The molecule has 4 heteroatoms. The molecule has 0 heterocycles. The summed E-state index contributed by atoms with van der Waals surface area (Å²) in [6.45, 7) is 3.64. The summed E-state index contributed by atoms with van der Waals surface area (Å²) in [6, 6.07) is 0. The summed E-state index contributed by atoms with van der Waals surface area (Å²) in [5, 5.41) is 15.8. The van der Waals surface area contributed by atoms with Crippen LogP contribution in [0.25, 0.3) is 0 Å². The minimum atomic E-state index is -0.356. The number of aliphatic hydroxyl groups is 1. The highest BCUT2D eigenvalue weighted by Crippen LogP contribution is 2.31. The maximum Gasteiger partial charge on any atom is 0.234 e. The maximum absolute atomic E-state index is 11.9. The zero-order valence-corrected chi connectivity index (χ0v) is 11.4. The summed E-state index contributed by atoms with van der Waals surface area (Å²) >= 11 is 0. The standard InChI is InChI=1S/C14H26N2O2/c1-11-4-6-14(10-17,7-5-11)16-13(18)9-15-8-12-2-3-12/h11-12,15,17H,2-10H2,1H3,(H,16,18). The molecule has 0 saturated heterocycles. The van der Waals surface area contributed by atoms with E-state index in [0.717, 1.165) is 44.1 Å². The second kappa shape index (κ2) is 6.02. The molecule has 0 bridgehead atoms. The summed E-state index contributed by atoms with van der Waals surface area (Å²) in [5.41, 5.74) is -0.356. The van der Waals surface area contributed by atoms with Crippen molar-refractivity contribution < 1.29 is 9.90 Å². The number of hydrogen-bond donors (Lipinski definition) is 3. The molecule has 2 rings (SSSR count). The topological polar surface area (TPSA) is 61.4 Å². The van der Waals surface area contributed by atoms with Gasteiger partial charge in [-0.1, -0.05) is 6.92 Å². The van der Waals surface area contributed by atoms with E-state index in [1.807, 2.05) is 0 Å². The minimum Gasteiger partial charge on any atom is -0.394 e. The van der Waals surface area contributed by atoms with Crippen LogP contribution in [0.5, 0.6) is 0 Å². The van der Waals surface area contributed by atoms with E-state index in [4.69, 9.17) is 0 Å². The molecule has 0 aliphatic heterocycles. The van der Waals surface area contributed by atoms with Crippen LogP contribution in [0.3, 0.4) is 0 Å². The van der Waals surface area contributed by atoms with E-state index < -0.39 is 0 Å². The van der Waals surface area contributed by atoms with Crippen LogP contribution in [0.1, 0.15) is 45.4 Å². The van der Waals surface area contributed by atoms with Gasteiger partial charge < -0.3 is 15.7 Å². The number of carbonyl (C=O) groups is 1. The normalized spacial score (nSPS) is 32.2. The van der Waals surface area contributed by atoms with Gasteiger partial charge in [-0.3, -0.25) is 4.79 Å². The van der Waals surface area contributed by atoms with Gasteiger partial charge in [-0.15, -0.1) is 0 Å². The molecule has 2 aliphatic rings. The van der Waals surface area contributed by atoms with Crippen LogP contribution in [0, 0.1) is 11.8 Å². The smallest absolute Gasteiger partial charge is 0.234 e. The van der Waals surface area contributed by atoms with Crippen molar-refractivity contribution in [3.05, 3.63) is 0 Å². The van der Waals surface area contributed by atoms with Crippen molar-refractivity contribution in [1.29, 1.82) is 0 Å². The van der Waals surface area contributed by atoms with E-state index in [0.29, 0.717) is 6.54 Å². The molecule has 104 valence electrons. The number of carbonyl (C=O) groups excluding carboxylic acids is 1. The maximum atomic E-state index is 11.9. The third-order valence-corrected chi connectivity index (χ3v) is 4.35. The fourth-order valence-electron chi connectivity index (χ4n) is 2.69. The zero-order chi connectivity index (χ0) is 13.0. The summed E-state index contributed by atoms with van der Waals surface area (Å²) in [6.07, 6.45) is 6.59. The monoisotopic (exact) mass is 254 g/mol.